The van der Waals surface area contributed by atoms with Crippen LogP contribution in [0, 0.1) is 11.8 Å². The van der Waals surface area contributed by atoms with Crippen LogP contribution in [0.25, 0.3) is 0 Å². The van der Waals surface area contributed by atoms with Crippen LogP contribution < -0.4 is 15.6 Å². The summed E-state index contributed by atoms with van der Waals surface area (Å²) >= 11 is 0. The highest BCUT2D eigenvalue weighted by atomic mass is 32.2. The minimum atomic E-state index is -3.80. The van der Waals surface area contributed by atoms with Crippen LogP contribution in [0.4, 0.5) is 0 Å². The Labute approximate surface area is 118 Å². The van der Waals surface area contributed by atoms with Crippen LogP contribution in [0.1, 0.15) is 5.56 Å². The zero-order valence-corrected chi connectivity index (χ0v) is 12.2. The third kappa shape index (κ3) is 5.68. The van der Waals surface area contributed by atoms with Crippen molar-refractivity contribution < 1.29 is 16.8 Å². The molecular weight excluding hydrogens is 302 g/mol. The molecule has 110 valence electrons. The second kappa shape index (κ2) is 6.83. The van der Waals surface area contributed by atoms with Crippen LogP contribution in [0.2, 0.25) is 0 Å². The molecule has 5 N–H and O–H groups in total. The Morgan fingerprint density at radius 1 is 1.20 bits per heavy atom. The van der Waals surface area contributed by atoms with Gasteiger partial charge >= 0.3 is 0 Å². The summed E-state index contributed by atoms with van der Waals surface area (Å²) in [5.41, 5.74) is 5.74. The molecule has 1 aromatic carbocycles. The van der Waals surface area contributed by atoms with E-state index in [1.807, 2.05) is 0 Å². The van der Waals surface area contributed by atoms with Gasteiger partial charge in [0.05, 0.1) is 17.2 Å². The van der Waals surface area contributed by atoms with E-state index in [0.717, 1.165) is 0 Å². The molecule has 0 saturated heterocycles. The molecule has 0 aromatic heterocycles. The van der Waals surface area contributed by atoms with Crippen LogP contribution >= 0.6 is 0 Å². The summed E-state index contributed by atoms with van der Waals surface area (Å²) in [4.78, 5) is -0.00394. The lowest BCUT2D eigenvalue weighted by molar-refractivity contribution is 0.581. The summed E-state index contributed by atoms with van der Waals surface area (Å²) in [5, 5.41) is 4.79. The topological polar surface area (TPSA) is 132 Å². The molecule has 7 nitrogen and oxygen atoms in total. The highest BCUT2D eigenvalue weighted by Crippen LogP contribution is 2.10. The summed E-state index contributed by atoms with van der Waals surface area (Å²) < 4.78 is 47.5. The van der Waals surface area contributed by atoms with Gasteiger partial charge in [0, 0.05) is 12.1 Å². The Kier molecular flexibility index (Phi) is 5.67. The van der Waals surface area contributed by atoms with Crippen molar-refractivity contribution in [2.45, 2.75) is 4.90 Å². The molecule has 1 aromatic rings. The van der Waals surface area contributed by atoms with E-state index in [9.17, 15) is 16.8 Å². The normalized spacial score (nSPS) is 11.7. The first kappa shape index (κ1) is 16.6. The SMILES string of the molecule is NCC#Cc1cccc(S(=O)(=O)NCCS(N)(=O)=O)c1. The van der Waals surface area contributed by atoms with E-state index < -0.39 is 25.8 Å². The predicted molar refractivity (Wildman–Crippen MR) is 75.5 cm³/mol. The number of nitrogens with two attached hydrogens (primary N) is 2. The molecule has 9 heteroatoms. The number of benzene rings is 1. The Morgan fingerprint density at radius 3 is 2.50 bits per heavy atom. The quantitative estimate of drug-likeness (QED) is 0.572. The zero-order chi connectivity index (χ0) is 15.2. The maximum absolute atomic E-state index is 11.9. The van der Waals surface area contributed by atoms with Crippen molar-refractivity contribution in [1.29, 1.82) is 0 Å². The minimum absolute atomic E-state index is 0.00394. The first-order valence-corrected chi connectivity index (χ1v) is 8.73. The van der Waals surface area contributed by atoms with Gasteiger partial charge in [0.25, 0.3) is 0 Å². The standard InChI is InChI=1S/C11H15N3O4S2/c12-6-2-4-10-3-1-5-11(9-10)20(17,18)14-7-8-19(13,15)16/h1,3,5,9,14H,6-8,12H2,(H2,13,15,16). The summed E-state index contributed by atoms with van der Waals surface area (Å²) in [6, 6.07) is 5.94. The molecule has 0 aliphatic rings. The Bertz CT molecular complexity index is 730. The van der Waals surface area contributed by atoms with E-state index >= 15 is 0 Å². The molecule has 0 fully saturated rings. The van der Waals surface area contributed by atoms with Crippen molar-refractivity contribution in [1.82, 2.24) is 4.72 Å². The van der Waals surface area contributed by atoms with E-state index in [1.54, 1.807) is 6.07 Å². The smallest absolute Gasteiger partial charge is 0.240 e. The third-order valence-electron chi connectivity index (χ3n) is 2.16. The molecule has 0 radical (unpaired) electrons. The molecule has 0 bridgehead atoms. The van der Waals surface area contributed by atoms with Gasteiger partial charge in [-0.1, -0.05) is 17.9 Å². The summed E-state index contributed by atoms with van der Waals surface area (Å²) in [5.74, 6) is 4.85. The maximum atomic E-state index is 11.9. The fraction of sp³-hybridized carbons (Fsp3) is 0.273. The largest absolute Gasteiger partial charge is 0.320 e. The first-order valence-electron chi connectivity index (χ1n) is 5.54. The monoisotopic (exact) mass is 317 g/mol. The van der Waals surface area contributed by atoms with Gasteiger partial charge in [-0.3, -0.25) is 0 Å². The van der Waals surface area contributed by atoms with E-state index in [-0.39, 0.29) is 18.0 Å². The summed E-state index contributed by atoms with van der Waals surface area (Å²) in [6.07, 6.45) is 0. The van der Waals surface area contributed by atoms with Crippen molar-refractivity contribution in [2.24, 2.45) is 10.9 Å². The predicted octanol–water partition coefficient (Wildman–Crippen LogP) is -1.44. The van der Waals surface area contributed by atoms with Crippen molar-refractivity contribution >= 4 is 20.0 Å². The van der Waals surface area contributed by atoms with Crippen molar-refractivity contribution in [3.63, 3.8) is 0 Å². The molecule has 0 spiro atoms. The van der Waals surface area contributed by atoms with Gasteiger partial charge in [-0.2, -0.15) is 0 Å². The van der Waals surface area contributed by atoms with Gasteiger partial charge in [0.15, 0.2) is 0 Å². The second-order valence-electron chi connectivity index (χ2n) is 3.80. The van der Waals surface area contributed by atoms with Gasteiger partial charge in [-0.25, -0.2) is 26.7 Å². The summed E-state index contributed by atoms with van der Waals surface area (Å²) in [7, 11) is -7.51. The van der Waals surface area contributed by atoms with Crippen LogP contribution in [0.3, 0.4) is 0 Å². The molecule has 0 aliphatic heterocycles. The molecule has 0 unspecified atom stereocenters. The fourth-order valence-corrected chi connectivity index (χ4v) is 2.89. The Morgan fingerprint density at radius 2 is 1.90 bits per heavy atom. The number of primary sulfonamides is 1. The van der Waals surface area contributed by atoms with E-state index in [0.29, 0.717) is 5.56 Å². The lowest BCUT2D eigenvalue weighted by Gasteiger charge is -2.06. The molecule has 1 rings (SSSR count). The van der Waals surface area contributed by atoms with Crippen LogP contribution in [0.5, 0.6) is 0 Å². The number of hydrogen-bond donors (Lipinski definition) is 3. The average Bonchev–Trinajstić information content (AvgIpc) is 2.35. The van der Waals surface area contributed by atoms with Crippen LogP contribution in [0.15, 0.2) is 29.2 Å². The van der Waals surface area contributed by atoms with E-state index in [2.05, 4.69) is 16.6 Å². The number of rotatable bonds is 5. The highest BCUT2D eigenvalue weighted by Gasteiger charge is 2.14. The van der Waals surface area contributed by atoms with E-state index in [1.165, 1.54) is 18.2 Å². The van der Waals surface area contributed by atoms with Gasteiger partial charge in [-0.05, 0) is 18.2 Å². The van der Waals surface area contributed by atoms with Crippen LogP contribution in [-0.4, -0.2) is 35.7 Å². The van der Waals surface area contributed by atoms with Gasteiger partial charge < -0.3 is 5.73 Å². The van der Waals surface area contributed by atoms with Crippen LogP contribution in [-0.2, 0) is 20.0 Å². The lowest BCUT2D eigenvalue weighted by atomic mass is 10.2. The Hall–Kier alpha value is -1.44. The molecule has 0 aliphatic carbocycles. The van der Waals surface area contributed by atoms with Gasteiger partial charge in [0.1, 0.15) is 0 Å². The van der Waals surface area contributed by atoms with Crippen molar-refractivity contribution in [3.8, 4) is 11.8 Å². The lowest BCUT2D eigenvalue weighted by Crippen LogP contribution is -2.31. The molecule has 0 amide bonds. The Balaban J connectivity index is 2.87. The number of hydrogen-bond acceptors (Lipinski definition) is 5. The summed E-state index contributed by atoms with van der Waals surface area (Å²) in [6.45, 7) is -0.122. The number of nitrogens with one attached hydrogen (secondary N) is 1. The van der Waals surface area contributed by atoms with Gasteiger partial charge in [0.2, 0.25) is 20.0 Å². The fourth-order valence-electron chi connectivity index (χ4n) is 1.30. The molecular formula is C11H15N3O4S2. The second-order valence-corrected chi connectivity index (χ2v) is 7.30. The molecule has 20 heavy (non-hydrogen) atoms. The van der Waals surface area contributed by atoms with E-state index in [4.69, 9.17) is 10.9 Å². The number of sulfonamides is 2. The maximum Gasteiger partial charge on any atom is 0.240 e. The molecule has 0 saturated carbocycles. The molecule has 0 heterocycles. The average molecular weight is 317 g/mol. The highest BCUT2D eigenvalue weighted by molar-refractivity contribution is 7.90. The first-order chi connectivity index (χ1) is 9.24. The third-order valence-corrected chi connectivity index (χ3v) is 4.39. The molecule has 0 atom stereocenters. The van der Waals surface area contributed by atoms with Crippen molar-refractivity contribution in [3.05, 3.63) is 29.8 Å². The van der Waals surface area contributed by atoms with Crippen molar-refractivity contribution in [2.75, 3.05) is 18.8 Å². The van der Waals surface area contributed by atoms with Gasteiger partial charge in [-0.15, -0.1) is 0 Å². The minimum Gasteiger partial charge on any atom is -0.320 e. The zero-order valence-electron chi connectivity index (χ0n) is 10.5.